The van der Waals surface area contributed by atoms with Crippen molar-refractivity contribution in [3.63, 3.8) is 0 Å². The lowest BCUT2D eigenvalue weighted by Crippen LogP contribution is -2.22. The quantitative estimate of drug-likeness (QED) is 0.745. The van der Waals surface area contributed by atoms with E-state index in [4.69, 9.17) is 0 Å². The molecule has 0 aliphatic heterocycles. The SMILES string of the molecule is CCNC(Cc1ccccc1)c1cc(Br)c(Br)s1. The van der Waals surface area contributed by atoms with E-state index in [0.29, 0.717) is 6.04 Å². The first kappa shape index (κ1) is 14.3. The second kappa shape index (κ2) is 6.85. The highest BCUT2D eigenvalue weighted by atomic mass is 79.9. The molecule has 0 radical (unpaired) electrons. The van der Waals surface area contributed by atoms with Crippen LogP contribution in [0, 0.1) is 0 Å². The van der Waals surface area contributed by atoms with Crippen LogP contribution in [0.3, 0.4) is 0 Å². The molecule has 1 nitrogen and oxygen atoms in total. The Balaban J connectivity index is 2.18. The van der Waals surface area contributed by atoms with Gasteiger partial charge in [0.25, 0.3) is 0 Å². The maximum atomic E-state index is 3.56. The Hall–Kier alpha value is -0.160. The Morgan fingerprint density at radius 2 is 1.94 bits per heavy atom. The molecule has 0 spiro atoms. The minimum atomic E-state index is 0.380. The lowest BCUT2D eigenvalue weighted by atomic mass is 10.0. The zero-order valence-corrected chi connectivity index (χ0v) is 14.1. The third-order valence-corrected chi connectivity index (χ3v) is 6.11. The van der Waals surface area contributed by atoms with Crippen LogP contribution in [0.1, 0.15) is 23.4 Å². The zero-order valence-electron chi connectivity index (χ0n) is 10.1. The van der Waals surface area contributed by atoms with Crippen LogP contribution in [0.5, 0.6) is 0 Å². The molecule has 1 N–H and O–H groups in total. The van der Waals surface area contributed by atoms with Gasteiger partial charge in [-0.25, -0.2) is 0 Å². The van der Waals surface area contributed by atoms with Crippen molar-refractivity contribution in [1.82, 2.24) is 5.32 Å². The van der Waals surface area contributed by atoms with E-state index in [-0.39, 0.29) is 0 Å². The van der Waals surface area contributed by atoms with Crippen molar-refractivity contribution < 1.29 is 0 Å². The number of thiophene rings is 1. The van der Waals surface area contributed by atoms with Gasteiger partial charge in [-0.05, 0) is 56.5 Å². The van der Waals surface area contributed by atoms with E-state index in [1.165, 1.54) is 10.4 Å². The Morgan fingerprint density at radius 3 is 2.50 bits per heavy atom. The molecule has 0 amide bonds. The van der Waals surface area contributed by atoms with E-state index in [0.717, 1.165) is 21.2 Å². The van der Waals surface area contributed by atoms with Gasteiger partial charge in [0.1, 0.15) is 0 Å². The van der Waals surface area contributed by atoms with Crippen molar-refractivity contribution in [1.29, 1.82) is 0 Å². The molecule has 2 rings (SSSR count). The van der Waals surface area contributed by atoms with E-state index < -0.39 is 0 Å². The molecular formula is C14H15Br2NS. The van der Waals surface area contributed by atoms with Crippen LogP contribution < -0.4 is 5.32 Å². The molecule has 2 aromatic rings. The van der Waals surface area contributed by atoms with Crippen LogP contribution >= 0.6 is 43.2 Å². The maximum Gasteiger partial charge on any atom is 0.0843 e. The van der Waals surface area contributed by atoms with Gasteiger partial charge in [0.15, 0.2) is 0 Å². The topological polar surface area (TPSA) is 12.0 Å². The van der Waals surface area contributed by atoms with Gasteiger partial charge < -0.3 is 5.32 Å². The first-order chi connectivity index (χ1) is 8.70. The van der Waals surface area contributed by atoms with Gasteiger partial charge in [-0.2, -0.15) is 0 Å². The minimum absolute atomic E-state index is 0.380. The van der Waals surface area contributed by atoms with Gasteiger partial charge in [0, 0.05) is 15.4 Å². The summed E-state index contributed by atoms with van der Waals surface area (Å²) in [5.74, 6) is 0. The van der Waals surface area contributed by atoms with E-state index in [9.17, 15) is 0 Å². The lowest BCUT2D eigenvalue weighted by Gasteiger charge is -2.16. The summed E-state index contributed by atoms with van der Waals surface area (Å²) in [4.78, 5) is 1.36. The van der Waals surface area contributed by atoms with Crippen molar-refractivity contribution in [2.75, 3.05) is 6.54 Å². The zero-order chi connectivity index (χ0) is 13.0. The van der Waals surface area contributed by atoms with Crippen LogP contribution in [0.15, 0.2) is 44.7 Å². The number of likely N-dealkylation sites (N-methyl/N-ethyl adjacent to an activating group) is 1. The Labute approximate surface area is 129 Å². The summed E-state index contributed by atoms with van der Waals surface area (Å²) in [6, 6.07) is 13.2. The third kappa shape index (κ3) is 3.67. The van der Waals surface area contributed by atoms with Crippen molar-refractivity contribution >= 4 is 43.2 Å². The van der Waals surface area contributed by atoms with E-state index in [2.05, 4.69) is 80.5 Å². The van der Waals surface area contributed by atoms with Crippen LogP contribution in [-0.4, -0.2) is 6.54 Å². The number of rotatable bonds is 5. The molecule has 1 aromatic carbocycles. The fourth-order valence-electron chi connectivity index (χ4n) is 1.90. The Kier molecular flexibility index (Phi) is 5.42. The largest absolute Gasteiger partial charge is 0.309 e. The van der Waals surface area contributed by atoms with Gasteiger partial charge in [-0.15, -0.1) is 11.3 Å². The highest BCUT2D eigenvalue weighted by Gasteiger charge is 2.15. The monoisotopic (exact) mass is 387 g/mol. The summed E-state index contributed by atoms with van der Waals surface area (Å²) in [5.41, 5.74) is 1.36. The molecule has 1 unspecified atom stereocenters. The van der Waals surface area contributed by atoms with Crippen LogP contribution in [0.25, 0.3) is 0 Å². The average molecular weight is 389 g/mol. The van der Waals surface area contributed by atoms with E-state index in [1.807, 2.05) is 0 Å². The van der Waals surface area contributed by atoms with Crippen molar-refractivity contribution in [3.8, 4) is 0 Å². The predicted molar refractivity (Wildman–Crippen MR) is 86.3 cm³/mol. The molecule has 4 heteroatoms. The number of benzene rings is 1. The van der Waals surface area contributed by atoms with Gasteiger partial charge in [-0.3, -0.25) is 0 Å². The maximum absolute atomic E-state index is 3.56. The van der Waals surface area contributed by atoms with E-state index in [1.54, 1.807) is 11.3 Å². The first-order valence-corrected chi connectivity index (χ1v) is 8.33. The summed E-state index contributed by atoms with van der Waals surface area (Å²) in [6.45, 7) is 3.13. The molecule has 1 heterocycles. The predicted octanol–water partition coefficient (Wildman–Crippen LogP) is 5.17. The molecule has 1 aromatic heterocycles. The molecular weight excluding hydrogens is 374 g/mol. The number of halogens is 2. The minimum Gasteiger partial charge on any atom is -0.309 e. The summed E-state index contributed by atoms with van der Waals surface area (Å²) in [5, 5.41) is 3.56. The standard InChI is InChI=1S/C14H15Br2NS/c1-2-17-12(8-10-6-4-3-5-7-10)13-9-11(15)14(16)18-13/h3-7,9,12,17H,2,8H2,1H3. The highest BCUT2D eigenvalue weighted by molar-refractivity contribution is 9.13. The fourth-order valence-corrected chi connectivity index (χ4v) is 4.07. The number of nitrogens with one attached hydrogen (secondary N) is 1. The van der Waals surface area contributed by atoms with Gasteiger partial charge >= 0.3 is 0 Å². The lowest BCUT2D eigenvalue weighted by molar-refractivity contribution is 0.558. The molecule has 0 saturated heterocycles. The normalized spacial score (nSPS) is 12.6. The molecule has 96 valence electrons. The van der Waals surface area contributed by atoms with Gasteiger partial charge in [0.2, 0.25) is 0 Å². The van der Waals surface area contributed by atoms with Crippen LogP contribution in [-0.2, 0) is 6.42 Å². The Morgan fingerprint density at radius 1 is 1.22 bits per heavy atom. The first-order valence-electron chi connectivity index (χ1n) is 5.92. The summed E-state index contributed by atoms with van der Waals surface area (Å²) < 4.78 is 2.30. The fraction of sp³-hybridized carbons (Fsp3) is 0.286. The number of hydrogen-bond donors (Lipinski definition) is 1. The molecule has 0 aliphatic rings. The van der Waals surface area contributed by atoms with Gasteiger partial charge in [0.05, 0.1) is 3.79 Å². The van der Waals surface area contributed by atoms with Crippen molar-refractivity contribution in [2.24, 2.45) is 0 Å². The molecule has 0 aliphatic carbocycles. The summed E-state index contributed by atoms with van der Waals surface area (Å²) in [6.07, 6.45) is 1.02. The smallest absolute Gasteiger partial charge is 0.0843 e. The summed E-state index contributed by atoms with van der Waals surface area (Å²) >= 11 is 8.91. The molecule has 18 heavy (non-hydrogen) atoms. The molecule has 0 bridgehead atoms. The Bertz CT molecular complexity index is 476. The van der Waals surface area contributed by atoms with Crippen LogP contribution in [0.2, 0.25) is 0 Å². The summed E-state index contributed by atoms with van der Waals surface area (Å²) in [7, 11) is 0. The highest BCUT2D eigenvalue weighted by Crippen LogP contribution is 2.36. The second-order valence-corrected chi connectivity index (χ2v) is 7.33. The van der Waals surface area contributed by atoms with Crippen molar-refractivity contribution in [3.05, 3.63) is 55.1 Å². The van der Waals surface area contributed by atoms with Crippen molar-refractivity contribution in [2.45, 2.75) is 19.4 Å². The second-order valence-electron chi connectivity index (χ2n) is 4.07. The van der Waals surface area contributed by atoms with E-state index >= 15 is 0 Å². The van der Waals surface area contributed by atoms with Crippen LogP contribution in [0.4, 0.5) is 0 Å². The average Bonchev–Trinajstić information content (AvgIpc) is 2.70. The van der Waals surface area contributed by atoms with Gasteiger partial charge in [-0.1, -0.05) is 37.3 Å². The number of hydrogen-bond acceptors (Lipinski definition) is 2. The molecule has 1 atom stereocenters. The molecule has 0 saturated carbocycles. The third-order valence-electron chi connectivity index (χ3n) is 2.74. The molecule has 0 fully saturated rings.